The van der Waals surface area contributed by atoms with Crippen molar-refractivity contribution in [2.75, 3.05) is 20.1 Å². The van der Waals surface area contributed by atoms with Crippen LogP contribution in [0.5, 0.6) is 0 Å². The Morgan fingerprint density at radius 1 is 1.37 bits per heavy atom. The van der Waals surface area contributed by atoms with Crippen molar-refractivity contribution >= 4 is 17.3 Å². The van der Waals surface area contributed by atoms with Gasteiger partial charge in [0, 0.05) is 44.8 Å². The second-order valence-corrected chi connectivity index (χ2v) is 7.45. The number of thiophene rings is 1. The van der Waals surface area contributed by atoms with Gasteiger partial charge in [-0.2, -0.15) is 16.6 Å². The molecule has 0 radical (unpaired) electrons. The number of hydrogen-bond donors (Lipinski definition) is 2. The quantitative estimate of drug-likeness (QED) is 0.613. The lowest BCUT2D eigenvalue weighted by molar-refractivity contribution is 0.198. The van der Waals surface area contributed by atoms with Crippen molar-refractivity contribution in [1.82, 2.24) is 15.5 Å². The molecule has 1 saturated heterocycles. The lowest BCUT2D eigenvalue weighted by atomic mass is 10.0. The average Bonchev–Trinajstić information content (AvgIpc) is 3.20. The Hall–Kier alpha value is -2.43. The summed E-state index contributed by atoms with van der Waals surface area (Å²) in [5.41, 5.74) is 2.23. The molecule has 1 aliphatic heterocycles. The van der Waals surface area contributed by atoms with Gasteiger partial charge in [-0.1, -0.05) is 6.07 Å². The Bertz CT molecular complexity index is 804. The summed E-state index contributed by atoms with van der Waals surface area (Å²) in [4.78, 5) is 6.72. The fourth-order valence-electron chi connectivity index (χ4n) is 3.20. The number of rotatable bonds is 5. The number of likely N-dealkylation sites (tertiary alicyclic amines) is 1. The molecule has 1 aromatic carbocycles. The van der Waals surface area contributed by atoms with E-state index in [1.165, 1.54) is 11.6 Å². The molecule has 0 bridgehead atoms. The predicted octanol–water partition coefficient (Wildman–Crippen LogP) is 3.09. The van der Waals surface area contributed by atoms with Crippen LogP contribution >= 0.6 is 11.3 Å². The zero-order valence-corrected chi connectivity index (χ0v) is 16.2. The van der Waals surface area contributed by atoms with Gasteiger partial charge in [0.2, 0.25) is 0 Å². The van der Waals surface area contributed by atoms with Gasteiger partial charge >= 0.3 is 0 Å². The normalized spacial score (nSPS) is 16.1. The Balaban J connectivity index is 1.45. The van der Waals surface area contributed by atoms with E-state index in [0.717, 1.165) is 32.5 Å². The number of aliphatic imine (C=N–C) groups is 1. The summed E-state index contributed by atoms with van der Waals surface area (Å²) in [7, 11) is 1.72. The van der Waals surface area contributed by atoms with Crippen molar-refractivity contribution in [3.63, 3.8) is 0 Å². The SMILES string of the molecule is CN=C(NCc1ccc(C#N)cc1F)NC1CCN(Cc2ccsc2)CC1. The molecule has 0 unspecified atom stereocenters. The van der Waals surface area contributed by atoms with Crippen LogP contribution in [0.15, 0.2) is 40.0 Å². The minimum Gasteiger partial charge on any atom is -0.354 e. The van der Waals surface area contributed by atoms with Crippen LogP contribution in [0, 0.1) is 17.1 Å². The third kappa shape index (κ3) is 5.52. The number of nitriles is 1. The number of nitrogens with one attached hydrogen (secondary N) is 2. The van der Waals surface area contributed by atoms with Crippen LogP contribution in [-0.2, 0) is 13.1 Å². The van der Waals surface area contributed by atoms with Crippen LogP contribution in [0.1, 0.15) is 29.5 Å². The highest BCUT2D eigenvalue weighted by Crippen LogP contribution is 2.15. The number of benzene rings is 1. The molecule has 0 spiro atoms. The van der Waals surface area contributed by atoms with Crippen LogP contribution in [0.2, 0.25) is 0 Å². The number of nitrogens with zero attached hydrogens (tertiary/aromatic N) is 3. The molecule has 0 saturated carbocycles. The first-order valence-electron chi connectivity index (χ1n) is 9.07. The second-order valence-electron chi connectivity index (χ2n) is 6.67. The fraction of sp³-hybridized carbons (Fsp3) is 0.400. The van der Waals surface area contributed by atoms with Crippen LogP contribution in [-0.4, -0.2) is 37.0 Å². The Kier molecular flexibility index (Phi) is 6.80. The summed E-state index contributed by atoms with van der Waals surface area (Å²) in [6.07, 6.45) is 2.10. The molecule has 1 fully saturated rings. The number of guanidine groups is 1. The van der Waals surface area contributed by atoms with Crippen molar-refractivity contribution in [1.29, 1.82) is 5.26 Å². The third-order valence-corrected chi connectivity index (χ3v) is 5.50. The van der Waals surface area contributed by atoms with Gasteiger partial charge in [0.25, 0.3) is 0 Å². The smallest absolute Gasteiger partial charge is 0.191 e. The first kappa shape index (κ1) is 19.3. The standard InChI is InChI=1S/C20H24FN5S/c1-23-20(24-12-17-3-2-15(11-22)10-19(17)21)25-18-4-7-26(8-5-18)13-16-6-9-27-14-16/h2-3,6,9-10,14,18H,4-5,7-8,12-13H2,1H3,(H2,23,24,25). The van der Waals surface area contributed by atoms with Gasteiger partial charge in [-0.25, -0.2) is 4.39 Å². The first-order valence-corrected chi connectivity index (χ1v) is 10.0. The zero-order valence-electron chi connectivity index (χ0n) is 15.4. The molecule has 3 rings (SSSR count). The minimum atomic E-state index is -0.376. The van der Waals surface area contributed by atoms with Gasteiger partial charge in [0.05, 0.1) is 11.6 Å². The van der Waals surface area contributed by atoms with Crippen LogP contribution in [0.25, 0.3) is 0 Å². The van der Waals surface area contributed by atoms with E-state index in [1.807, 2.05) is 6.07 Å². The maximum atomic E-state index is 14.0. The largest absolute Gasteiger partial charge is 0.354 e. The van der Waals surface area contributed by atoms with E-state index in [-0.39, 0.29) is 5.82 Å². The molecule has 0 amide bonds. The minimum absolute atomic E-state index is 0.327. The molecule has 2 heterocycles. The van der Waals surface area contributed by atoms with Crippen molar-refractivity contribution < 1.29 is 4.39 Å². The van der Waals surface area contributed by atoms with E-state index < -0.39 is 0 Å². The molecule has 2 aromatic rings. The summed E-state index contributed by atoms with van der Waals surface area (Å²) in [5.74, 6) is 0.300. The fourth-order valence-corrected chi connectivity index (χ4v) is 3.86. The van der Waals surface area contributed by atoms with Crippen molar-refractivity contribution in [3.8, 4) is 6.07 Å². The summed E-state index contributed by atoms with van der Waals surface area (Å²) < 4.78 is 14.0. The van der Waals surface area contributed by atoms with E-state index in [1.54, 1.807) is 30.5 Å². The molecule has 27 heavy (non-hydrogen) atoms. The second kappa shape index (κ2) is 9.49. The molecule has 5 nitrogen and oxygen atoms in total. The van der Waals surface area contributed by atoms with Crippen LogP contribution in [0.3, 0.4) is 0 Å². The highest BCUT2D eigenvalue weighted by Gasteiger charge is 2.20. The molecular weight excluding hydrogens is 361 g/mol. The van der Waals surface area contributed by atoms with Crippen LogP contribution < -0.4 is 10.6 Å². The Morgan fingerprint density at radius 2 is 2.19 bits per heavy atom. The van der Waals surface area contributed by atoms with E-state index in [0.29, 0.717) is 29.7 Å². The topological polar surface area (TPSA) is 63.5 Å². The monoisotopic (exact) mass is 385 g/mol. The van der Waals surface area contributed by atoms with Gasteiger partial charge in [-0.15, -0.1) is 0 Å². The highest BCUT2D eigenvalue weighted by molar-refractivity contribution is 7.07. The highest BCUT2D eigenvalue weighted by atomic mass is 32.1. The third-order valence-electron chi connectivity index (χ3n) is 4.77. The molecule has 0 atom stereocenters. The van der Waals surface area contributed by atoms with Gasteiger partial charge in [0.1, 0.15) is 5.82 Å². The van der Waals surface area contributed by atoms with Gasteiger partial charge in [-0.05, 0) is 47.4 Å². The summed E-state index contributed by atoms with van der Waals surface area (Å²) in [5, 5.41) is 19.7. The van der Waals surface area contributed by atoms with E-state index >= 15 is 0 Å². The van der Waals surface area contributed by atoms with Gasteiger partial charge in [0.15, 0.2) is 5.96 Å². The molecular formula is C20H24FN5S. The van der Waals surface area contributed by atoms with Gasteiger partial charge < -0.3 is 10.6 Å². The summed E-state index contributed by atoms with van der Waals surface area (Å²) in [6, 6.07) is 9.01. The van der Waals surface area contributed by atoms with Gasteiger partial charge in [-0.3, -0.25) is 9.89 Å². The van der Waals surface area contributed by atoms with Crippen molar-refractivity contribution in [2.24, 2.45) is 4.99 Å². The number of piperidine rings is 1. The summed E-state index contributed by atoms with van der Waals surface area (Å²) >= 11 is 1.74. The average molecular weight is 386 g/mol. The molecule has 7 heteroatoms. The predicted molar refractivity (Wildman–Crippen MR) is 107 cm³/mol. The molecule has 0 aliphatic carbocycles. The van der Waals surface area contributed by atoms with Crippen molar-refractivity contribution in [2.45, 2.75) is 32.0 Å². The maximum absolute atomic E-state index is 14.0. The lowest BCUT2D eigenvalue weighted by Crippen LogP contribution is -2.48. The molecule has 1 aromatic heterocycles. The Morgan fingerprint density at radius 3 is 2.81 bits per heavy atom. The van der Waals surface area contributed by atoms with E-state index in [9.17, 15) is 4.39 Å². The Labute approximate surface area is 163 Å². The zero-order chi connectivity index (χ0) is 19.1. The van der Waals surface area contributed by atoms with E-state index in [4.69, 9.17) is 5.26 Å². The molecule has 2 N–H and O–H groups in total. The first-order chi connectivity index (χ1) is 13.2. The molecule has 142 valence electrons. The maximum Gasteiger partial charge on any atom is 0.191 e. The van der Waals surface area contributed by atoms with Crippen LogP contribution in [0.4, 0.5) is 4.39 Å². The number of halogens is 1. The van der Waals surface area contributed by atoms with E-state index in [2.05, 4.69) is 37.4 Å². The lowest BCUT2D eigenvalue weighted by Gasteiger charge is -2.33. The van der Waals surface area contributed by atoms with Crippen molar-refractivity contribution in [3.05, 3.63) is 57.5 Å². The summed E-state index contributed by atoms with van der Waals surface area (Å²) in [6.45, 7) is 3.44. The molecule has 1 aliphatic rings. The number of hydrogen-bond acceptors (Lipinski definition) is 4.